The third-order valence-electron chi connectivity index (χ3n) is 3.78. The van der Waals surface area contributed by atoms with Crippen LogP contribution in [0.3, 0.4) is 0 Å². The Hall–Kier alpha value is -2.63. The van der Waals surface area contributed by atoms with Crippen molar-refractivity contribution in [2.24, 2.45) is 4.99 Å². The Labute approximate surface area is 160 Å². The van der Waals surface area contributed by atoms with Crippen molar-refractivity contribution >= 4 is 35.2 Å². The number of carbonyl (C=O) groups is 1. The van der Waals surface area contributed by atoms with E-state index in [4.69, 9.17) is 23.2 Å². The Bertz CT molecular complexity index is 996. The number of aryl methyl sites for hydroxylation is 1. The molecule has 5 nitrogen and oxygen atoms in total. The summed E-state index contributed by atoms with van der Waals surface area (Å²) in [6.45, 7) is 1.78. The van der Waals surface area contributed by atoms with Gasteiger partial charge in [-0.25, -0.2) is 0 Å². The number of hydrogen-bond acceptors (Lipinski definition) is 4. The second-order valence-electron chi connectivity index (χ2n) is 5.73. The van der Waals surface area contributed by atoms with E-state index >= 15 is 0 Å². The highest BCUT2D eigenvalue weighted by molar-refractivity contribution is 6.36. The molecule has 2 aromatic carbocycles. The van der Waals surface area contributed by atoms with Gasteiger partial charge in [-0.05, 0) is 60.5 Å². The Morgan fingerprint density at radius 2 is 2.04 bits per heavy atom. The lowest BCUT2D eigenvalue weighted by atomic mass is 10.1. The first-order valence-corrected chi connectivity index (χ1v) is 8.53. The van der Waals surface area contributed by atoms with Gasteiger partial charge in [0.15, 0.2) is 0 Å². The molecular formula is C19H15Cl2N3O2. The van der Waals surface area contributed by atoms with Crippen LogP contribution in [0.5, 0.6) is 5.75 Å². The lowest BCUT2D eigenvalue weighted by Crippen LogP contribution is -2.04. The van der Waals surface area contributed by atoms with E-state index < -0.39 is 0 Å². The molecule has 1 heterocycles. The Morgan fingerprint density at radius 1 is 1.23 bits per heavy atom. The molecule has 0 radical (unpaired) electrons. The summed E-state index contributed by atoms with van der Waals surface area (Å²) in [6, 6.07) is 11.8. The number of halogens is 2. The molecule has 0 saturated carbocycles. The van der Waals surface area contributed by atoms with Gasteiger partial charge in [-0.2, -0.15) is 5.10 Å². The van der Waals surface area contributed by atoms with Gasteiger partial charge in [-0.1, -0.05) is 23.2 Å². The molecule has 132 valence electrons. The van der Waals surface area contributed by atoms with Crippen molar-refractivity contribution in [2.75, 3.05) is 6.54 Å². The van der Waals surface area contributed by atoms with Crippen molar-refractivity contribution in [1.29, 1.82) is 0 Å². The number of phenols is 1. The molecule has 0 spiro atoms. The molecule has 2 N–H and O–H groups in total. The van der Waals surface area contributed by atoms with Crippen molar-refractivity contribution in [3.63, 3.8) is 0 Å². The van der Waals surface area contributed by atoms with E-state index in [1.807, 2.05) is 0 Å². The maximum atomic E-state index is 12.3. The third-order valence-corrected chi connectivity index (χ3v) is 4.33. The van der Waals surface area contributed by atoms with Crippen molar-refractivity contribution in [3.8, 4) is 17.0 Å². The first-order chi connectivity index (χ1) is 12.4. The minimum Gasteiger partial charge on any atom is -0.508 e. The minimum atomic E-state index is -0.194. The van der Waals surface area contributed by atoms with Crippen LogP contribution in [0.25, 0.3) is 11.3 Å². The van der Waals surface area contributed by atoms with E-state index in [2.05, 4.69) is 15.2 Å². The zero-order valence-electron chi connectivity index (χ0n) is 13.8. The molecule has 0 unspecified atom stereocenters. The topological polar surface area (TPSA) is 78.3 Å². The largest absolute Gasteiger partial charge is 0.508 e. The van der Waals surface area contributed by atoms with Crippen LogP contribution >= 0.6 is 23.2 Å². The molecule has 3 rings (SSSR count). The Kier molecular flexibility index (Phi) is 5.40. The van der Waals surface area contributed by atoms with Gasteiger partial charge in [0, 0.05) is 16.8 Å². The summed E-state index contributed by atoms with van der Waals surface area (Å²) in [5, 5.41) is 17.3. The second kappa shape index (κ2) is 7.72. The SMILES string of the molecule is Cc1cc(C=NCC(=O)c2cc(-c3ccc(Cl)cc3Cl)n[nH]2)ccc1O. The number of nitrogens with one attached hydrogen (secondary N) is 1. The summed E-state index contributed by atoms with van der Waals surface area (Å²) in [4.78, 5) is 16.4. The van der Waals surface area contributed by atoms with Gasteiger partial charge >= 0.3 is 0 Å². The molecule has 0 aliphatic heterocycles. The van der Waals surface area contributed by atoms with Crippen LogP contribution in [0.4, 0.5) is 0 Å². The first-order valence-electron chi connectivity index (χ1n) is 7.77. The number of hydrogen-bond donors (Lipinski definition) is 2. The number of ketones is 1. The number of phenolic OH excluding ortho intramolecular Hbond substituents is 1. The number of Topliss-reactive ketones (excluding diaryl/α,β-unsaturated/α-hetero) is 1. The Balaban J connectivity index is 1.70. The quantitative estimate of drug-likeness (QED) is 0.491. The highest BCUT2D eigenvalue weighted by Gasteiger charge is 2.12. The molecular weight excluding hydrogens is 373 g/mol. The van der Waals surface area contributed by atoms with E-state index in [0.717, 1.165) is 11.1 Å². The summed E-state index contributed by atoms with van der Waals surface area (Å²) in [7, 11) is 0. The van der Waals surface area contributed by atoms with Crippen molar-refractivity contribution in [3.05, 3.63) is 69.3 Å². The van der Waals surface area contributed by atoms with Crippen LogP contribution in [0, 0.1) is 6.92 Å². The number of H-pyrrole nitrogens is 1. The second-order valence-corrected chi connectivity index (χ2v) is 6.57. The van der Waals surface area contributed by atoms with E-state index in [1.54, 1.807) is 55.6 Å². The molecule has 1 aromatic heterocycles. The number of aromatic amines is 1. The zero-order chi connectivity index (χ0) is 18.7. The highest BCUT2D eigenvalue weighted by Crippen LogP contribution is 2.29. The number of carbonyl (C=O) groups excluding carboxylic acids is 1. The Morgan fingerprint density at radius 3 is 2.77 bits per heavy atom. The lowest BCUT2D eigenvalue weighted by Gasteiger charge is -2.00. The maximum absolute atomic E-state index is 12.3. The summed E-state index contributed by atoms with van der Waals surface area (Å²) in [5.74, 6) is 0.0321. The first kappa shape index (κ1) is 18.2. The monoisotopic (exact) mass is 387 g/mol. The average molecular weight is 388 g/mol. The van der Waals surface area contributed by atoms with E-state index in [1.165, 1.54) is 0 Å². The number of rotatable bonds is 5. The molecule has 0 bridgehead atoms. The van der Waals surface area contributed by atoms with Gasteiger partial charge in [-0.3, -0.25) is 14.9 Å². The summed E-state index contributed by atoms with van der Waals surface area (Å²) < 4.78 is 0. The molecule has 0 saturated heterocycles. The highest BCUT2D eigenvalue weighted by atomic mass is 35.5. The van der Waals surface area contributed by atoms with Gasteiger partial charge in [0.1, 0.15) is 18.0 Å². The molecule has 3 aromatic rings. The van der Waals surface area contributed by atoms with Crippen LogP contribution < -0.4 is 0 Å². The van der Waals surface area contributed by atoms with Gasteiger partial charge < -0.3 is 5.11 Å². The number of nitrogens with zero attached hydrogens (tertiary/aromatic N) is 2. The molecule has 0 aliphatic carbocycles. The summed E-state index contributed by atoms with van der Waals surface area (Å²) >= 11 is 12.1. The van der Waals surface area contributed by atoms with Crippen molar-refractivity contribution < 1.29 is 9.90 Å². The van der Waals surface area contributed by atoms with Crippen LogP contribution in [0.1, 0.15) is 21.6 Å². The predicted octanol–water partition coefficient (Wildman–Crippen LogP) is 4.70. The normalized spacial score (nSPS) is 11.2. The molecule has 0 aliphatic rings. The molecule has 26 heavy (non-hydrogen) atoms. The van der Waals surface area contributed by atoms with E-state index in [-0.39, 0.29) is 18.1 Å². The van der Waals surface area contributed by atoms with Gasteiger partial charge in [0.25, 0.3) is 0 Å². The number of aromatic hydroxyl groups is 1. The third kappa shape index (κ3) is 4.12. The number of benzene rings is 2. The summed E-state index contributed by atoms with van der Waals surface area (Å²) in [5.41, 5.74) is 3.16. The molecule has 0 atom stereocenters. The van der Waals surface area contributed by atoms with Gasteiger partial charge in [-0.15, -0.1) is 0 Å². The number of aromatic nitrogens is 2. The standard InChI is InChI=1S/C19H15Cl2N3O2/c1-11-6-12(2-5-18(11)25)9-22-10-19(26)17-8-16(23-24-17)14-4-3-13(20)7-15(14)21/h2-9,25H,10H2,1H3,(H,23,24). The summed E-state index contributed by atoms with van der Waals surface area (Å²) in [6.07, 6.45) is 1.59. The smallest absolute Gasteiger partial charge is 0.201 e. The van der Waals surface area contributed by atoms with Crippen LogP contribution in [-0.4, -0.2) is 33.8 Å². The van der Waals surface area contributed by atoms with Crippen LogP contribution in [0.15, 0.2) is 47.5 Å². The fraction of sp³-hybridized carbons (Fsp3) is 0.105. The average Bonchev–Trinajstić information content (AvgIpc) is 3.08. The van der Waals surface area contributed by atoms with Crippen LogP contribution in [0.2, 0.25) is 10.0 Å². The van der Waals surface area contributed by atoms with Gasteiger partial charge in [0.05, 0.1) is 10.7 Å². The fourth-order valence-electron chi connectivity index (χ4n) is 2.38. The van der Waals surface area contributed by atoms with Crippen molar-refractivity contribution in [2.45, 2.75) is 6.92 Å². The fourth-order valence-corrected chi connectivity index (χ4v) is 2.88. The van der Waals surface area contributed by atoms with E-state index in [0.29, 0.717) is 27.0 Å². The molecule has 0 fully saturated rings. The number of aliphatic imine (C=N–C) groups is 1. The maximum Gasteiger partial charge on any atom is 0.201 e. The predicted molar refractivity (Wildman–Crippen MR) is 104 cm³/mol. The zero-order valence-corrected chi connectivity index (χ0v) is 15.3. The lowest BCUT2D eigenvalue weighted by molar-refractivity contribution is 0.0997. The van der Waals surface area contributed by atoms with Crippen LogP contribution in [-0.2, 0) is 0 Å². The molecule has 7 heteroatoms. The van der Waals surface area contributed by atoms with Gasteiger partial charge in [0.2, 0.25) is 5.78 Å². The molecule has 0 amide bonds. The van der Waals surface area contributed by atoms with E-state index in [9.17, 15) is 9.90 Å². The van der Waals surface area contributed by atoms with Crippen molar-refractivity contribution in [1.82, 2.24) is 10.2 Å². The minimum absolute atomic E-state index is 0.0179.